The van der Waals surface area contributed by atoms with Gasteiger partial charge in [0.25, 0.3) is 0 Å². The largest absolute Gasteiger partial charge is 0.494 e. The quantitative estimate of drug-likeness (QED) is 0.275. The number of aliphatic hydroxyl groups is 1. The van der Waals surface area contributed by atoms with Gasteiger partial charge >= 0.3 is 14.6 Å². The second-order valence-electron chi connectivity index (χ2n) is 16.0. The number of rotatable bonds is 8. The van der Waals surface area contributed by atoms with E-state index in [1.54, 1.807) is 21.3 Å². The van der Waals surface area contributed by atoms with E-state index >= 15 is 0 Å². The second-order valence-corrected chi connectivity index (χ2v) is 16.0. The van der Waals surface area contributed by atoms with Crippen LogP contribution in [0.3, 0.4) is 0 Å². The van der Waals surface area contributed by atoms with Gasteiger partial charge in [-0.2, -0.15) is 0 Å². The fraction of sp³-hybridized carbons (Fsp3) is 0.526. The molecule has 3 aromatic carbocycles. The monoisotopic (exact) mass is 608 g/mol. The van der Waals surface area contributed by atoms with E-state index in [9.17, 15) is 5.11 Å². The van der Waals surface area contributed by atoms with Gasteiger partial charge in [-0.3, -0.25) is 0 Å². The van der Waals surface area contributed by atoms with E-state index in [4.69, 9.17) is 14.0 Å². The number of nitrogens with zero attached hydrogens (tertiary/aromatic N) is 1. The predicted molar refractivity (Wildman–Crippen MR) is 188 cm³/mol. The summed E-state index contributed by atoms with van der Waals surface area (Å²) in [5, 5.41) is 10.5. The lowest BCUT2D eigenvalue weighted by molar-refractivity contribution is -0.0893. The predicted octanol–water partition coefficient (Wildman–Crippen LogP) is 7.18. The minimum absolute atomic E-state index is 0.0971. The van der Waals surface area contributed by atoms with Crippen molar-refractivity contribution in [2.45, 2.75) is 129 Å². The van der Waals surface area contributed by atoms with Gasteiger partial charge in [0, 0.05) is 5.69 Å². The first kappa shape index (κ1) is 33.8. The smallest absolute Gasteiger partial charge is 0.427 e. The maximum atomic E-state index is 10.5. The van der Waals surface area contributed by atoms with E-state index in [2.05, 4.69) is 126 Å². The first-order chi connectivity index (χ1) is 20.8. The number of anilines is 1. The minimum Gasteiger partial charge on any atom is -0.427 e. The van der Waals surface area contributed by atoms with Gasteiger partial charge in [-0.05, 0) is 108 Å². The Balaban J connectivity index is 1.41. The lowest BCUT2D eigenvalue weighted by Crippen LogP contribution is -2.49. The highest BCUT2D eigenvalue weighted by molar-refractivity contribution is 6.62. The fourth-order valence-electron chi connectivity index (χ4n) is 5.97. The summed E-state index contributed by atoms with van der Waals surface area (Å²) in [5.41, 5.74) is 4.86. The molecule has 1 radical (unpaired) electrons. The van der Waals surface area contributed by atoms with Crippen LogP contribution < -0.4 is 15.8 Å². The summed E-state index contributed by atoms with van der Waals surface area (Å²) < 4.78 is 18.7. The van der Waals surface area contributed by atoms with Gasteiger partial charge in [0.1, 0.15) is 0 Å². The van der Waals surface area contributed by atoms with Gasteiger partial charge in [0.05, 0.1) is 34.5 Å². The van der Waals surface area contributed by atoms with Crippen molar-refractivity contribution in [2.75, 3.05) is 4.90 Å². The summed E-state index contributed by atoms with van der Waals surface area (Å²) in [5.74, 6) is 0. The molecule has 45 heavy (non-hydrogen) atoms. The van der Waals surface area contributed by atoms with Gasteiger partial charge in [-0.15, -0.1) is 0 Å². The van der Waals surface area contributed by atoms with E-state index < -0.39 is 11.2 Å². The summed E-state index contributed by atoms with van der Waals surface area (Å²) >= 11 is 0. The Bertz CT molecular complexity index is 1440. The normalized spacial score (nSPS) is 21.8. The Hall–Kier alpha value is -2.57. The maximum absolute atomic E-state index is 10.5. The van der Waals surface area contributed by atoms with Crippen molar-refractivity contribution >= 4 is 31.2 Å². The Morgan fingerprint density at radius 2 is 1.20 bits per heavy atom. The highest BCUT2D eigenvalue weighted by Gasteiger charge is 2.51. The topological polar surface area (TPSA) is 51.2 Å². The standard InChI is InChI=1S/C38H52B2NO4/c1-34(2,3)28-16-22-31(23-17-28)41-32(26-12-18-29(19-13-26)39-43-36(6,7)35(4,5)42)24-25-33(41)27-14-20-30(21-15-27)40-44-37(8,9)38(10,11)45-40/h12-23,32-33,42H,24-25H2,1-11H3. The van der Waals surface area contributed by atoms with Gasteiger partial charge in [0.2, 0.25) is 0 Å². The summed E-state index contributed by atoms with van der Waals surface area (Å²) in [6.45, 7) is 22.5. The van der Waals surface area contributed by atoms with Crippen LogP contribution in [0.1, 0.15) is 118 Å². The van der Waals surface area contributed by atoms with E-state index in [1.165, 1.54) is 22.4 Å². The molecular weight excluding hydrogens is 556 g/mol. The highest BCUT2D eigenvalue weighted by atomic mass is 16.7. The lowest BCUT2D eigenvalue weighted by Gasteiger charge is -2.37. The van der Waals surface area contributed by atoms with Crippen LogP contribution in [0.5, 0.6) is 0 Å². The van der Waals surface area contributed by atoms with Crippen LogP contribution in [0.15, 0.2) is 72.8 Å². The number of hydrogen-bond acceptors (Lipinski definition) is 5. The molecule has 239 valence electrons. The van der Waals surface area contributed by atoms with Crippen molar-refractivity contribution in [1.82, 2.24) is 0 Å². The molecule has 0 aliphatic carbocycles. The molecule has 7 heteroatoms. The van der Waals surface area contributed by atoms with Crippen LogP contribution in [0.4, 0.5) is 5.69 Å². The molecule has 0 bridgehead atoms. The van der Waals surface area contributed by atoms with Crippen LogP contribution in [0, 0.1) is 0 Å². The zero-order valence-corrected chi connectivity index (χ0v) is 29.3. The minimum atomic E-state index is -0.964. The second kappa shape index (κ2) is 11.9. The van der Waals surface area contributed by atoms with Crippen LogP contribution in [0.2, 0.25) is 0 Å². The van der Waals surface area contributed by atoms with E-state index in [1.807, 2.05) is 13.8 Å². The highest BCUT2D eigenvalue weighted by Crippen LogP contribution is 2.47. The molecular formula is C38H52B2NO4. The van der Waals surface area contributed by atoms with Gasteiger partial charge < -0.3 is 24.0 Å². The Morgan fingerprint density at radius 1 is 0.733 bits per heavy atom. The Kier molecular flexibility index (Phi) is 8.94. The van der Waals surface area contributed by atoms with Crippen LogP contribution >= 0.6 is 0 Å². The summed E-state index contributed by atoms with van der Waals surface area (Å²) in [6.07, 6.45) is 2.11. The third-order valence-corrected chi connectivity index (χ3v) is 10.5. The van der Waals surface area contributed by atoms with Crippen molar-refractivity contribution in [3.05, 3.63) is 89.5 Å². The van der Waals surface area contributed by atoms with E-state index in [-0.39, 0.29) is 35.8 Å². The molecule has 2 saturated heterocycles. The van der Waals surface area contributed by atoms with Crippen molar-refractivity contribution in [1.29, 1.82) is 0 Å². The van der Waals surface area contributed by atoms with Gasteiger partial charge in [-0.1, -0.05) is 86.9 Å². The van der Waals surface area contributed by atoms with Crippen molar-refractivity contribution in [3.8, 4) is 0 Å². The van der Waals surface area contributed by atoms with E-state index in [0.29, 0.717) is 0 Å². The fourth-order valence-corrected chi connectivity index (χ4v) is 5.97. The van der Waals surface area contributed by atoms with Gasteiger partial charge in [0.15, 0.2) is 0 Å². The molecule has 2 aliphatic rings. The van der Waals surface area contributed by atoms with Crippen LogP contribution in [0.25, 0.3) is 0 Å². The summed E-state index contributed by atoms with van der Waals surface area (Å²) in [6, 6.07) is 27.1. The molecule has 2 aliphatic heterocycles. The Labute approximate surface area is 273 Å². The van der Waals surface area contributed by atoms with Crippen molar-refractivity contribution < 1.29 is 19.1 Å². The molecule has 0 saturated carbocycles. The van der Waals surface area contributed by atoms with Crippen molar-refractivity contribution in [2.24, 2.45) is 0 Å². The SMILES string of the molecule is CC(C)(C)c1ccc(N2C(c3ccc([B]OC(C)(C)C(C)(C)O)cc3)CCC2c2ccc(B3OC(C)(C)C(C)(C)O3)cc2)cc1. The summed E-state index contributed by atoms with van der Waals surface area (Å²) in [4.78, 5) is 2.60. The summed E-state index contributed by atoms with van der Waals surface area (Å²) in [7, 11) is 1.39. The molecule has 2 unspecified atom stereocenters. The third-order valence-electron chi connectivity index (χ3n) is 10.5. The van der Waals surface area contributed by atoms with Gasteiger partial charge in [-0.25, -0.2) is 0 Å². The van der Waals surface area contributed by atoms with Crippen LogP contribution in [-0.4, -0.2) is 42.1 Å². The number of benzene rings is 3. The van der Waals surface area contributed by atoms with Crippen LogP contribution in [-0.2, 0) is 19.4 Å². The first-order valence-corrected chi connectivity index (χ1v) is 16.5. The molecule has 1 N–H and O–H groups in total. The zero-order chi connectivity index (χ0) is 33.0. The molecule has 2 heterocycles. The molecule has 5 nitrogen and oxygen atoms in total. The Morgan fingerprint density at radius 3 is 1.64 bits per heavy atom. The third kappa shape index (κ3) is 6.93. The first-order valence-electron chi connectivity index (χ1n) is 16.5. The molecule has 0 amide bonds. The molecule has 5 rings (SSSR count). The maximum Gasteiger partial charge on any atom is 0.494 e. The zero-order valence-electron chi connectivity index (χ0n) is 29.3. The van der Waals surface area contributed by atoms with Crippen molar-refractivity contribution in [3.63, 3.8) is 0 Å². The average molecular weight is 608 g/mol. The lowest BCUT2D eigenvalue weighted by atomic mass is 9.78. The molecule has 3 aromatic rings. The molecule has 0 spiro atoms. The molecule has 0 aromatic heterocycles. The number of hydrogen-bond donors (Lipinski definition) is 1. The average Bonchev–Trinajstić information content (AvgIpc) is 3.49. The molecule has 2 fully saturated rings. The molecule has 2 atom stereocenters. The van der Waals surface area contributed by atoms with E-state index in [0.717, 1.165) is 23.8 Å².